The van der Waals surface area contributed by atoms with Crippen LogP contribution in [-0.4, -0.2) is 133 Å². The standard InChI is InChI=1S/C40H46FN9O13S2/c1-40(2,3)63-39(58)42-11-7-6-8-29(34(54)50-30-15-27(41)9-10-28(30)36(56)57)49-35(55)31(21-51)48-32(52)20-43-33(53)24-13-22(25-16-44-37(45-17-25)64(4,59)60)12-23(14-24)26-18-46-38(47-19-26)65(5,61)62/h9-10,12-19,29,31,51H,6-8,11,20-21H2,1-5H3,(H,42,58)(H,43,53)(H,48,52)(H,49,55)(H,50,54)(H,56,57)/t29-,31-/m0/s1. The van der Waals surface area contributed by atoms with Gasteiger partial charge in [-0.25, -0.2) is 50.8 Å². The summed E-state index contributed by atoms with van der Waals surface area (Å²) in [5, 5.41) is 30.6. The van der Waals surface area contributed by atoms with Gasteiger partial charge in [0.2, 0.25) is 47.7 Å². The summed E-state index contributed by atoms with van der Waals surface area (Å²) in [5.41, 5.74) is -0.586. The fourth-order valence-electron chi connectivity index (χ4n) is 5.65. The van der Waals surface area contributed by atoms with E-state index in [-0.39, 0.29) is 53.6 Å². The Kier molecular flexibility index (Phi) is 16.8. The van der Waals surface area contributed by atoms with Gasteiger partial charge in [-0.3, -0.25) is 19.2 Å². The number of nitrogens with zero attached hydrogens (tertiary/aromatic N) is 4. The number of benzene rings is 2. The zero-order valence-electron chi connectivity index (χ0n) is 35.5. The lowest BCUT2D eigenvalue weighted by atomic mass is 9.98. The molecule has 0 spiro atoms. The van der Waals surface area contributed by atoms with Crippen molar-refractivity contribution in [2.24, 2.45) is 0 Å². The normalized spacial score (nSPS) is 12.5. The first kappa shape index (κ1) is 50.7. The van der Waals surface area contributed by atoms with Gasteiger partial charge in [-0.2, -0.15) is 0 Å². The Morgan fingerprint density at radius 2 is 1.29 bits per heavy atom. The number of amides is 5. The van der Waals surface area contributed by atoms with Gasteiger partial charge in [0.05, 0.1) is 24.4 Å². The van der Waals surface area contributed by atoms with Crippen molar-refractivity contribution in [1.82, 2.24) is 41.2 Å². The number of hydrogen-bond acceptors (Lipinski definition) is 16. The van der Waals surface area contributed by atoms with Gasteiger partial charge in [0.15, 0.2) is 0 Å². The van der Waals surface area contributed by atoms with Gasteiger partial charge in [-0.15, -0.1) is 0 Å². The highest BCUT2D eigenvalue weighted by atomic mass is 32.2. The zero-order chi connectivity index (χ0) is 48.3. The number of ether oxygens (including phenoxy) is 1. The molecule has 0 aliphatic heterocycles. The second-order valence-corrected chi connectivity index (χ2v) is 19.1. The molecule has 7 N–H and O–H groups in total. The monoisotopic (exact) mass is 943 g/mol. The van der Waals surface area contributed by atoms with Crippen molar-refractivity contribution in [2.45, 2.75) is 68.0 Å². The van der Waals surface area contributed by atoms with Crippen molar-refractivity contribution >= 4 is 61.1 Å². The molecule has 0 saturated heterocycles. The Bertz CT molecular complexity index is 2570. The molecule has 348 valence electrons. The van der Waals surface area contributed by atoms with E-state index < -0.39 is 114 Å². The summed E-state index contributed by atoms with van der Waals surface area (Å²) in [7, 11) is -7.51. The molecule has 0 unspecified atom stereocenters. The van der Waals surface area contributed by atoms with E-state index in [0.29, 0.717) is 0 Å². The molecule has 0 aliphatic rings. The zero-order valence-corrected chi connectivity index (χ0v) is 37.2. The molecule has 0 aliphatic carbocycles. The number of halogens is 1. The second-order valence-electron chi connectivity index (χ2n) is 15.3. The van der Waals surface area contributed by atoms with E-state index in [4.69, 9.17) is 4.74 Å². The number of aliphatic hydroxyl groups is 1. The number of hydrogen-bond donors (Lipinski definition) is 7. The Morgan fingerprint density at radius 1 is 0.738 bits per heavy atom. The predicted molar refractivity (Wildman–Crippen MR) is 228 cm³/mol. The SMILES string of the molecule is CC(C)(C)OC(=O)NCCCC[C@H](NC(=O)[C@H](CO)NC(=O)CNC(=O)c1cc(-c2cnc(S(C)(=O)=O)nc2)cc(-c2cnc(S(C)(=O)=O)nc2)c1)C(=O)Nc1cc(F)ccc1C(=O)O. The number of unbranched alkanes of at least 4 members (excludes halogenated alkanes) is 1. The molecule has 4 rings (SSSR count). The highest BCUT2D eigenvalue weighted by Crippen LogP contribution is 2.28. The lowest BCUT2D eigenvalue weighted by Crippen LogP contribution is -2.55. The highest BCUT2D eigenvalue weighted by Gasteiger charge is 2.28. The van der Waals surface area contributed by atoms with E-state index in [1.165, 1.54) is 36.9 Å². The number of carboxylic acids is 1. The van der Waals surface area contributed by atoms with Gasteiger partial charge in [0.1, 0.15) is 23.5 Å². The number of alkyl carbamates (subject to hydrolysis) is 1. The van der Waals surface area contributed by atoms with Crippen LogP contribution >= 0.6 is 0 Å². The molecule has 22 nitrogen and oxygen atoms in total. The molecular formula is C40H46FN9O13S2. The molecule has 0 radical (unpaired) electrons. The Hall–Kier alpha value is -6.99. The van der Waals surface area contributed by atoms with E-state index in [9.17, 15) is 60.2 Å². The van der Waals surface area contributed by atoms with Crippen LogP contribution in [0.15, 0.2) is 71.5 Å². The first-order valence-electron chi connectivity index (χ1n) is 19.3. The van der Waals surface area contributed by atoms with Crippen molar-refractivity contribution in [3.8, 4) is 22.3 Å². The van der Waals surface area contributed by atoms with Crippen molar-refractivity contribution in [1.29, 1.82) is 0 Å². The summed E-state index contributed by atoms with van der Waals surface area (Å²) >= 11 is 0. The molecule has 2 aromatic heterocycles. The fraction of sp³-hybridized carbons (Fsp3) is 0.350. The molecule has 2 atom stereocenters. The third kappa shape index (κ3) is 15.4. The number of aromatic carboxylic acids is 1. The van der Waals surface area contributed by atoms with E-state index in [0.717, 1.165) is 30.7 Å². The Morgan fingerprint density at radius 3 is 1.78 bits per heavy atom. The van der Waals surface area contributed by atoms with Crippen LogP contribution in [0.3, 0.4) is 0 Å². The van der Waals surface area contributed by atoms with Gasteiger partial charge in [-0.05, 0) is 87.6 Å². The summed E-state index contributed by atoms with van der Waals surface area (Å²) < 4.78 is 67.0. The van der Waals surface area contributed by atoms with Crippen LogP contribution in [0.1, 0.15) is 60.7 Å². The summed E-state index contributed by atoms with van der Waals surface area (Å²) in [6.45, 7) is 3.39. The van der Waals surface area contributed by atoms with Crippen LogP contribution < -0.4 is 26.6 Å². The third-order valence-corrected chi connectivity index (χ3v) is 10.5. The second kappa shape index (κ2) is 21.6. The van der Waals surface area contributed by atoms with Crippen LogP contribution in [-0.2, 0) is 38.8 Å². The molecular weight excluding hydrogens is 898 g/mol. The van der Waals surface area contributed by atoms with E-state index >= 15 is 0 Å². The first-order chi connectivity index (χ1) is 30.3. The topological polar surface area (TPSA) is 332 Å². The smallest absolute Gasteiger partial charge is 0.407 e. The fourth-order valence-corrected chi connectivity index (χ4v) is 6.63. The molecule has 0 fully saturated rings. The van der Waals surface area contributed by atoms with E-state index in [1.807, 2.05) is 0 Å². The average Bonchev–Trinajstić information content (AvgIpc) is 3.22. The summed E-state index contributed by atoms with van der Waals surface area (Å²) in [6, 6.07) is 3.73. The van der Waals surface area contributed by atoms with Crippen molar-refractivity contribution in [3.05, 3.63) is 78.1 Å². The van der Waals surface area contributed by atoms with Crippen molar-refractivity contribution < 1.29 is 64.9 Å². The quantitative estimate of drug-likeness (QED) is 0.0514. The van der Waals surface area contributed by atoms with E-state index in [2.05, 4.69) is 46.5 Å². The number of carbonyl (C=O) groups excluding carboxylic acids is 5. The van der Waals surface area contributed by atoms with Crippen LogP contribution in [0.2, 0.25) is 0 Å². The molecule has 2 aromatic carbocycles. The molecule has 4 aromatic rings. The number of anilines is 1. The van der Waals surface area contributed by atoms with Gasteiger partial charge in [0, 0.05) is 60.5 Å². The summed E-state index contributed by atoms with van der Waals surface area (Å²) in [4.78, 5) is 92.7. The Balaban J connectivity index is 1.49. The number of carboxylic acid groups (broad SMARTS) is 1. The molecule has 25 heteroatoms. The number of rotatable bonds is 19. The summed E-state index contributed by atoms with van der Waals surface area (Å²) in [6.07, 6.45) is 6.30. The number of carbonyl (C=O) groups is 6. The van der Waals surface area contributed by atoms with Crippen LogP contribution in [0.4, 0.5) is 14.9 Å². The van der Waals surface area contributed by atoms with Gasteiger partial charge in [0.25, 0.3) is 5.91 Å². The molecule has 2 heterocycles. The number of aromatic nitrogens is 4. The van der Waals surface area contributed by atoms with Crippen molar-refractivity contribution in [2.75, 3.05) is 37.5 Å². The third-order valence-electron chi connectivity index (χ3n) is 8.72. The van der Waals surface area contributed by atoms with Gasteiger partial charge < -0.3 is 41.5 Å². The maximum Gasteiger partial charge on any atom is 0.407 e. The minimum Gasteiger partial charge on any atom is -0.478 e. The number of sulfone groups is 2. The first-order valence-corrected chi connectivity index (χ1v) is 23.1. The molecule has 0 saturated carbocycles. The number of nitrogens with one attached hydrogen (secondary N) is 5. The average molecular weight is 944 g/mol. The highest BCUT2D eigenvalue weighted by molar-refractivity contribution is 7.90. The van der Waals surface area contributed by atoms with Crippen LogP contribution in [0.5, 0.6) is 0 Å². The largest absolute Gasteiger partial charge is 0.478 e. The Labute approximate surface area is 372 Å². The lowest BCUT2D eigenvalue weighted by Gasteiger charge is -2.23. The van der Waals surface area contributed by atoms with Gasteiger partial charge in [-0.1, -0.05) is 0 Å². The minimum absolute atomic E-state index is 0.0689. The molecule has 65 heavy (non-hydrogen) atoms. The molecule has 5 amide bonds. The minimum atomic E-state index is -3.76. The van der Waals surface area contributed by atoms with Crippen LogP contribution in [0, 0.1) is 5.82 Å². The number of aliphatic hydroxyl groups excluding tert-OH is 1. The van der Waals surface area contributed by atoms with Crippen LogP contribution in [0.25, 0.3) is 22.3 Å². The van der Waals surface area contributed by atoms with Gasteiger partial charge >= 0.3 is 12.1 Å². The van der Waals surface area contributed by atoms with Crippen molar-refractivity contribution in [3.63, 3.8) is 0 Å². The summed E-state index contributed by atoms with van der Waals surface area (Å²) in [5.74, 6) is -6.20. The molecule has 0 bridgehead atoms. The predicted octanol–water partition coefficient (Wildman–Crippen LogP) is 1.27. The van der Waals surface area contributed by atoms with E-state index in [1.54, 1.807) is 26.8 Å². The maximum atomic E-state index is 14.1. The maximum absolute atomic E-state index is 14.1. The lowest BCUT2D eigenvalue weighted by molar-refractivity contribution is -0.131.